The Morgan fingerprint density at radius 3 is 2.79 bits per heavy atom. The van der Waals surface area contributed by atoms with E-state index in [2.05, 4.69) is 20.9 Å². The van der Waals surface area contributed by atoms with Crippen LogP contribution in [0.4, 0.5) is 10.1 Å². The predicted molar refractivity (Wildman–Crippen MR) is 72.5 cm³/mol. The van der Waals surface area contributed by atoms with E-state index in [0.717, 1.165) is 6.07 Å². The minimum Gasteiger partial charge on any atom is -0.436 e. The Labute approximate surface area is 121 Å². The molecular formula is C12H6BrClFN3O. The fourth-order valence-corrected chi connectivity index (χ4v) is 2.02. The molecule has 2 aromatic rings. The number of aromatic nitrogens is 1. The van der Waals surface area contributed by atoms with Crippen molar-refractivity contribution in [1.29, 1.82) is 5.26 Å². The van der Waals surface area contributed by atoms with Gasteiger partial charge in [0.2, 0.25) is 5.88 Å². The SMILES string of the molecule is N#Cc1cnc(Oc2cc(F)c(Cl)cc2Br)c(N)c1. The molecule has 1 heterocycles. The molecule has 0 atom stereocenters. The van der Waals surface area contributed by atoms with Crippen molar-refractivity contribution >= 4 is 33.2 Å². The first-order valence-electron chi connectivity index (χ1n) is 4.99. The molecule has 0 saturated carbocycles. The zero-order chi connectivity index (χ0) is 14.0. The minimum absolute atomic E-state index is 0.0278. The van der Waals surface area contributed by atoms with Crippen LogP contribution in [0, 0.1) is 17.1 Å². The highest BCUT2D eigenvalue weighted by Crippen LogP contribution is 2.34. The van der Waals surface area contributed by atoms with Crippen LogP contribution in [0.5, 0.6) is 11.6 Å². The molecule has 0 bridgehead atoms. The van der Waals surface area contributed by atoms with Gasteiger partial charge in [-0.1, -0.05) is 11.6 Å². The molecule has 1 aromatic carbocycles. The lowest BCUT2D eigenvalue weighted by Crippen LogP contribution is -1.97. The summed E-state index contributed by atoms with van der Waals surface area (Å²) in [6, 6.07) is 5.81. The van der Waals surface area contributed by atoms with Gasteiger partial charge in [-0.3, -0.25) is 0 Å². The van der Waals surface area contributed by atoms with Gasteiger partial charge in [0.05, 0.1) is 20.7 Å². The number of benzene rings is 1. The van der Waals surface area contributed by atoms with Crippen molar-refractivity contribution < 1.29 is 9.13 Å². The van der Waals surface area contributed by atoms with E-state index in [1.807, 2.05) is 6.07 Å². The average Bonchev–Trinajstić information content (AvgIpc) is 2.38. The van der Waals surface area contributed by atoms with Crippen LogP contribution in [-0.4, -0.2) is 4.98 Å². The molecule has 0 aliphatic rings. The first-order chi connectivity index (χ1) is 9.01. The van der Waals surface area contributed by atoms with Gasteiger partial charge in [-0.05, 0) is 28.1 Å². The van der Waals surface area contributed by atoms with Crippen LogP contribution < -0.4 is 10.5 Å². The third kappa shape index (κ3) is 2.95. The summed E-state index contributed by atoms with van der Waals surface area (Å²) in [5.41, 5.74) is 6.18. The molecule has 0 saturated heterocycles. The van der Waals surface area contributed by atoms with Crippen LogP contribution in [0.1, 0.15) is 5.56 Å². The summed E-state index contributed by atoms with van der Waals surface area (Å²) < 4.78 is 19.2. The molecule has 0 aliphatic heterocycles. The second-order valence-electron chi connectivity index (χ2n) is 3.53. The van der Waals surface area contributed by atoms with E-state index < -0.39 is 5.82 Å². The van der Waals surface area contributed by atoms with E-state index in [0.29, 0.717) is 10.0 Å². The fraction of sp³-hybridized carbons (Fsp3) is 0. The molecule has 1 aromatic heterocycles. The molecule has 2 N–H and O–H groups in total. The number of ether oxygens (including phenoxy) is 1. The van der Waals surface area contributed by atoms with E-state index in [4.69, 9.17) is 27.3 Å². The molecule has 0 amide bonds. The Morgan fingerprint density at radius 2 is 2.16 bits per heavy atom. The molecule has 0 radical (unpaired) electrons. The number of hydrogen-bond donors (Lipinski definition) is 1. The molecule has 0 aliphatic carbocycles. The Hall–Kier alpha value is -1.84. The molecule has 4 nitrogen and oxygen atoms in total. The number of nitriles is 1. The van der Waals surface area contributed by atoms with E-state index in [1.54, 1.807) is 0 Å². The lowest BCUT2D eigenvalue weighted by Gasteiger charge is -2.09. The van der Waals surface area contributed by atoms with Gasteiger partial charge < -0.3 is 10.5 Å². The largest absolute Gasteiger partial charge is 0.436 e. The zero-order valence-corrected chi connectivity index (χ0v) is 11.7. The average molecular weight is 343 g/mol. The predicted octanol–water partition coefficient (Wildman–Crippen LogP) is 3.88. The molecule has 96 valence electrons. The summed E-state index contributed by atoms with van der Waals surface area (Å²) in [7, 11) is 0. The van der Waals surface area contributed by atoms with Gasteiger partial charge in [-0.15, -0.1) is 0 Å². The second kappa shape index (κ2) is 5.43. The second-order valence-corrected chi connectivity index (χ2v) is 4.79. The number of anilines is 1. The van der Waals surface area contributed by atoms with Crippen LogP contribution >= 0.6 is 27.5 Å². The van der Waals surface area contributed by atoms with Crippen LogP contribution in [0.25, 0.3) is 0 Å². The monoisotopic (exact) mass is 341 g/mol. The number of rotatable bonds is 2. The van der Waals surface area contributed by atoms with Gasteiger partial charge in [0.25, 0.3) is 0 Å². The van der Waals surface area contributed by atoms with Gasteiger partial charge >= 0.3 is 0 Å². The Balaban J connectivity index is 2.37. The number of pyridine rings is 1. The van der Waals surface area contributed by atoms with Gasteiger partial charge in [0, 0.05) is 12.3 Å². The van der Waals surface area contributed by atoms with Gasteiger partial charge in [0.1, 0.15) is 17.6 Å². The van der Waals surface area contributed by atoms with Crippen LogP contribution in [0.2, 0.25) is 5.02 Å². The maximum atomic E-state index is 13.4. The molecule has 0 spiro atoms. The number of halogens is 3. The Bertz CT molecular complexity index is 687. The molecule has 19 heavy (non-hydrogen) atoms. The lowest BCUT2D eigenvalue weighted by molar-refractivity contribution is 0.457. The van der Waals surface area contributed by atoms with Crippen molar-refractivity contribution in [3.8, 4) is 17.7 Å². The highest BCUT2D eigenvalue weighted by atomic mass is 79.9. The highest BCUT2D eigenvalue weighted by Gasteiger charge is 2.11. The summed E-state index contributed by atoms with van der Waals surface area (Å²) in [5, 5.41) is 8.67. The van der Waals surface area contributed by atoms with Crippen LogP contribution in [0.3, 0.4) is 0 Å². The highest BCUT2D eigenvalue weighted by molar-refractivity contribution is 9.10. The maximum Gasteiger partial charge on any atom is 0.242 e. The lowest BCUT2D eigenvalue weighted by atomic mass is 10.3. The molecule has 0 unspecified atom stereocenters. The van der Waals surface area contributed by atoms with Crippen molar-refractivity contribution in [3.05, 3.63) is 45.3 Å². The summed E-state index contributed by atoms with van der Waals surface area (Å²) in [4.78, 5) is 3.89. The quantitative estimate of drug-likeness (QED) is 0.841. The maximum absolute atomic E-state index is 13.4. The topological polar surface area (TPSA) is 71.9 Å². The zero-order valence-electron chi connectivity index (χ0n) is 9.32. The smallest absolute Gasteiger partial charge is 0.242 e. The molecule has 2 rings (SSSR count). The van der Waals surface area contributed by atoms with E-state index in [1.165, 1.54) is 18.3 Å². The third-order valence-electron chi connectivity index (χ3n) is 2.19. The normalized spacial score (nSPS) is 10.0. The molecular weight excluding hydrogens is 337 g/mol. The minimum atomic E-state index is -0.618. The van der Waals surface area contributed by atoms with Crippen LogP contribution in [0.15, 0.2) is 28.9 Å². The summed E-state index contributed by atoms with van der Waals surface area (Å²) in [5.74, 6) is -0.348. The fourth-order valence-electron chi connectivity index (χ4n) is 1.30. The van der Waals surface area contributed by atoms with Gasteiger partial charge in [0.15, 0.2) is 0 Å². The van der Waals surface area contributed by atoms with Crippen molar-refractivity contribution in [2.24, 2.45) is 0 Å². The summed E-state index contributed by atoms with van der Waals surface area (Å²) in [6.07, 6.45) is 1.31. The Kier molecular flexibility index (Phi) is 3.88. The molecule has 7 heteroatoms. The van der Waals surface area contributed by atoms with Crippen LogP contribution in [-0.2, 0) is 0 Å². The number of nitrogen functional groups attached to an aromatic ring is 1. The Morgan fingerprint density at radius 1 is 1.42 bits per heavy atom. The first-order valence-corrected chi connectivity index (χ1v) is 6.16. The van der Waals surface area contributed by atoms with E-state index in [9.17, 15) is 4.39 Å². The summed E-state index contributed by atoms with van der Waals surface area (Å²) >= 11 is 8.82. The number of nitrogens with zero attached hydrogens (tertiary/aromatic N) is 2. The number of nitrogens with two attached hydrogens (primary N) is 1. The van der Waals surface area contributed by atoms with Crippen molar-refractivity contribution in [1.82, 2.24) is 4.98 Å². The van der Waals surface area contributed by atoms with E-state index >= 15 is 0 Å². The van der Waals surface area contributed by atoms with Gasteiger partial charge in [-0.2, -0.15) is 5.26 Å². The van der Waals surface area contributed by atoms with E-state index in [-0.39, 0.29) is 22.3 Å². The third-order valence-corrected chi connectivity index (χ3v) is 3.10. The summed E-state index contributed by atoms with van der Waals surface area (Å²) in [6.45, 7) is 0. The molecule has 0 fully saturated rings. The van der Waals surface area contributed by atoms with Crippen molar-refractivity contribution in [3.63, 3.8) is 0 Å². The standard InChI is InChI=1S/C12H6BrClFN3O/c13-7-2-8(14)9(15)3-11(7)19-12-10(17)1-6(4-16)5-18-12/h1-3,5H,17H2. The van der Waals surface area contributed by atoms with Crippen molar-refractivity contribution in [2.75, 3.05) is 5.73 Å². The number of hydrogen-bond acceptors (Lipinski definition) is 4. The van der Waals surface area contributed by atoms with Crippen molar-refractivity contribution in [2.45, 2.75) is 0 Å². The van der Waals surface area contributed by atoms with Gasteiger partial charge in [-0.25, -0.2) is 9.37 Å². The first kappa shape index (κ1) is 13.6.